The number of carboxylic acids is 1. The van der Waals surface area contributed by atoms with E-state index >= 15 is 0 Å². The van der Waals surface area contributed by atoms with Gasteiger partial charge in [0.25, 0.3) is 0 Å². The molecular weight excluding hydrogens is 188 g/mol. The van der Waals surface area contributed by atoms with Crippen LogP contribution in [-0.2, 0) is 14.3 Å². The lowest BCUT2D eigenvalue weighted by atomic mass is 10.1. The van der Waals surface area contributed by atoms with Gasteiger partial charge < -0.3 is 14.9 Å². The fraction of sp³-hybridized carbons (Fsp3) is 0.778. The van der Waals surface area contributed by atoms with Crippen LogP contribution < -0.4 is 0 Å². The van der Waals surface area contributed by atoms with E-state index in [4.69, 9.17) is 10.2 Å². The number of hydrogen-bond acceptors (Lipinski definition) is 4. The van der Waals surface area contributed by atoms with Crippen molar-refractivity contribution < 1.29 is 24.5 Å². The maximum atomic E-state index is 10.7. The minimum Gasteiger partial charge on any atom is -0.479 e. The predicted molar refractivity (Wildman–Crippen MR) is 48.7 cm³/mol. The van der Waals surface area contributed by atoms with Crippen LogP contribution in [0.2, 0.25) is 0 Å². The van der Waals surface area contributed by atoms with Crippen LogP contribution in [0.3, 0.4) is 0 Å². The van der Waals surface area contributed by atoms with Gasteiger partial charge in [0.2, 0.25) is 0 Å². The van der Waals surface area contributed by atoms with Gasteiger partial charge in [0.1, 0.15) is 0 Å². The summed E-state index contributed by atoms with van der Waals surface area (Å²) in [5, 5.41) is 17.2. The third-order valence-electron chi connectivity index (χ3n) is 1.87. The molecule has 1 atom stereocenters. The fourth-order valence-electron chi connectivity index (χ4n) is 1.01. The van der Waals surface area contributed by atoms with Crippen LogP contribution >= 0.6 is 0 Å². The molecule has 82 valence electrons. The van der Waals surface area contributed by atoms with Crippen molar-refractivity contribution in [2.75, 3.05) is 7.11 Å². The molecule has 14 heavy (non-hydrogen) atoms. The Labute approximate surface area is 82.7 Å². The average molecular weight is 204 g/mol. The zero-order valence-electron chi connectivity index (χ0n) is 8.23. The molecule has 0 spiro atoms. The van der Waals surface area contributed by atoms with Crippen LogP contribution in [0.15, 0.2) is 0 Å². The Morgan fingerprint density at radius 1 is 1.29 bits per heavy atom. The summed E-state index contributed by atoms with van der Waals surface area (Å²) in [7, 11) is 1.33. The summed E-state index contributed by atoms with van der Waals surface area (Å²) in [4.78, 5) is 20.8. The van der Waals surface area contributed by atoms with Gasteiger partial charge in [-0.3, -0.25) is 4.79 Å². The lowest BCUT2D eigenvalue weighted by Gasteiger charge is -2.04. The highest BCUT2D eigenvalue weighted by atomic mass is 16.5. The molecule has 0 heterocycles. The maximum absolute atomic E-state index is 10.7. The molecule has 0 aromatic rings. The van der Waals surface area contributed by atoms with E-state index in [2.05, 4.69) is 4.74 Å². The third-order valence-corrected chi connectivity index (χ3v) is 1.87. The topological polar surface area (TPSA) is 83.8 Å². The van der Waals surface area contributed by atoms with E-state index in [-0.39, 0.29) is 12.4 Å². The first-order valence-corrected chi connectivity index (χ1v) is 4.55. The molecule has 0 saturated carbocycles. The van der Waals surface area contributed by atoms with E-state index in [9.17, 15) is 9.59 Å². The van der Waals surface area contributed by atoms with Gasteiger partial charge in [0, 0.05) is 6.42 Å². The van der Waals surface area contributed by atoms with Crippen molar-refractivity contribution in [3.05, 3.63) is 0 Å². The van der Waals surface area contributed by atoms with Gasteiger partial charge in [-0.15, -0.1) is 0 Å². The van der Waals surface area contributed by atoms with Crippen LogP contribution in [-0.4, -0.2) is 35.4 Å². The van der Waals surface area contributed by atoms with Crippen molar-refractivity contribution in [2.24, 2.45) is 0 Å². The van der Waals surface area contributed by atoms with E-state index in [0.717, 1.165) is 6.42 Å². The summed E-state index contributed by atoms with van der Waals surface area (Å²) in [5.41, 5.74) is 0. The second kappa shape index (κ2) is 7.32. The van der Waals surface area contributed by atoms with Gasteiger partial charge in [-0.25, -0.2) is 4.79 Å². The number of aliphatic carboxylic acids is 1. The Kier molecular flexibility index (Phi) is 6.74. The first-order valence-electron chi connectivity index (χ1n) is 4.55. The molecule has 0 aromatic carbocycles. The van der Waals surface area contributed by atoms with E-state index in [0.29, 0.717) is 19.3 Å². The second-order valence-electron chi connectivity index (χ2n) is 3.03. The maximum Gasteiger partial charge on any atom is 0.332 e. The Bertz CT molecular complexity index is 190. The minimum atomic E-state index is -1.28. The van der Waals surface area contributed by atoms with Crippen LogP contribution in [0.25, 0.3) is 0 Å². The molecule has 0 amide bonds. The Balaban J connectivity index is 3.30. The summed E-state index contributed by atoms with van der Waals surface area (Å²) in [5.74, 6) is -1.46. The summed E-state index contributed by atoms with van der Waals surface area (Å²) < 4.78 is 4.43. The van der Waals surface area contributed by atoms with Crippen molar-refractivity contribution in [1.82, 2.24) is 0 Å². The molecule has 0 aliphatic rings. The first-order chi connectivity index (χ1) is 6.57. The number of rotatable bonds is 7. The van der Waals surface area contributed by atoms with Crippen molar-refractivity contribution in [1.29, 1.82) is 0 Å². The molecule has 0 aromatic heterocycles. The van der Waals surface area contributed by atoms with Gasteiger partial charge in [0.05, 0.1) is 7.11 Å². The van der Waals surface area contributed by atoms with Crippen LogP contribution in [0.4, 0.5) is 0 Å². The SMILES string of the molecule is COC(=O)CCCCC[C@@H](O)C(=O)O. The molecule has 5 heteroatoms. The van der Waals surface area contributed by atoms with Crippen molar-refractivity contribution >= 4 is 11.9 Å². The standard InChI is InChI=1S/C9H16O5/c1-14-8(11)6-4-2-3-5-7(10)9(12)13/h7,10H,2-6H2,1H3,(H,12,13)/t7-/m1/s1. The predicted octanol–water partition coefficient (Wildman–Crippen LogP) is 0.555. The lowest BCUT2D eigenvalue weighted by molar-refractivity contribution is -0.147. The van der Waals surface area contributed by atoms with E-state index in [1.165, 1.54) is 7.11 Å². The molecule has 2 N–H and O–H groups in total. The summed E-state index contributed by atoms with van der Waals surface area (Å²) >= 11 is 0. The van der Waals surface area contributed by atoms with Crippen molar-refractivity contribution in [2.45, 2.75) is 38.2 Å². The Morgan fingerprint density at radius 2 is 1.93 bits per heavy atom. The molecule has 0 radical (unpaired) electrons. The fourth-order valence-corrected chi connectivity index (χ4v) is 1.01. The van der Waals surface area contributed by atoms with E-state index in [1.54, 1.807) is 0 Å². The normalized spacial score (nSPS) is 12.1. The quantitative estimate of drug-likeness (QED) is 0.467. The molecule has 0 fully saturated rings. The van der Waals surface area contributed by atoms with E-state index in [1.807, 2.05) is 0 Å². The molecule has 0 rings (SSSR count). The zero-order chi connectivity index (χ0) is 11.0. The highest BCUT2D eigenvalue weighted by Crippen LogP contribution is 2.06. The average Bonchev–Trinajstić information content (AvgIpc) is 2.16. The Hall–Kier alpha value is -1.10. The molecule has 0 saturated heterocycles. The van der Waals surface area contributed by atoms with Crippen LogP contribution in [0.5, 0.6) is 0 Å². The highest BCUT2D eigenvalue weighted by molar-refractivity contribution is 5.71. The van der Waals surface area contributed by atoms with Gasteiger partial charge in [0.15, 0.2) is 6.10 Å². The number of aliphatic hydroxyl groups is 1. The number of esters is 1. The van der Waals surface area contributed by atoms with Crippen molar-refractivity contribution in [3.63, 3.8) is 0 Å². The van der Waals surface area contributed by atoms with Gasteiger partial charge in [-0.1, -0.05) is 12.8 Å². The molecule has 0 unspecified atom stereocenters. The second-order valence-corrected chi connectivity index (χ2v) is 3.03. The third kappa shape index (κ3) is 6.42. The molecule has 0 bridgehead atoms. The minimum absolute atomic E-state index is 0.233. The van der Waals surface area contributed by atoms with Gasteiger partial charge in [-0.05, 0) is 12.8 Å². The summed E-state index contributed by atoms with van der Waals surface area (Å²) in [6.07, 6.45) is 1.28. The zero-order valence-corrected chi connectivity index (χ0v) is 8.23. The smallest absolute Gasteiger partial charge is 0.332 e. The number of carboxylic acid groups (broad SMARTS) is 1. The number of carbonyl (C=O) groups excluding carboxylic acids is 1. The van der Waals surface area contributed by atoms with Crippen molar-refractivity contribution in [3.8, 4) is 0 Å². The number of ether oxygens (including phenoxy) is 1. The molecule has 0 aliphatic heterocycles. The number of unbranched alkanes of at least 4 members (excludes halogenated alkanes) is 2. The lowest BCUT2D eigenvalue weighted by Crippen LogP contribution is -2.18. The summed E-state index contributed by atoms with van der Waals surface area (Å²) in [6.45, 7) is 0. The summed E-state index contributed by atoms with van der Waals surface area (Å²) in [6, 6.07) is 0. The number of aliphatic hydroxyl groups excluding tert-OH is 1. The number of hydrogen-bond donors (Lipinski definition) is 2. The monoisotopic (exact) mass is 204 g/mol. The van der Waals surface area contributed by atoms with Gasteiger partial charge in [-0.2, -0.15) is 0 Å². The highest BCUT2D eigenvalue weighted by Gasteiger charge is 2.11. The number of methoxy groups -OCH3 is 1. The number of carbonyl (C=O) groups is 2. The van der Waals surface area contributed by atoms with Crippen LogP contribution in [0.1, 0.15) is 32.1 Å². The van der Waals surface area contributed by atoms with E-state index < -0.39 is 12.1 Å². The Morgan fingerprint density at radius 3 is 2.43 bits per heavy atom. The largest absolute Gasteiger partial charge is 0.479 e. The van der Waals surface area contributed by atoms with Crippen LogP contribution in [0, 0.1) is 0 Å². The first kappa shape index (κ1) is 12.9. The van der Waals surface area contributed by atoms with Gasteiger partial charge >= 0.3 is 11.9 Å². The molecule has 5 nitrogen and oxygen atoms in total. The molecular formula is C9H16O5. The molecule has 0 aliphatic carbocycles.